The van der Waals surface area contributed by atoms with Crippen molar-refractivity contribution in [1.29, 1.82) is 0 Å². The highest BCUT2D eigenvalue weighted by atomic mass is 16.5. The molecule has 21 heteroatoms. The summed E-state index contributed by atoms with van der Waals surface area (Å²) in [4.78, 5) is 94.8. The van der Waals surface area contributed by atoms with Gasteiger partial charge in [-0.05, 0) is 79.0 Å². The van der Waals surface area contributed by atoms with E-state index in [0.717, 1.165) is 0 Å². The molecular formula is C47H67N9O12. The Kier molecular flexibility index (Phi) is 21.4. The van der Waals surface area contributed by atoms with Crippen molar-refractivity contribution in [3.8, 4) is 34.5 Å². The van der Waals surface area contributed by atoms with Crippen molar-refractivity contribution in [2.75, 3.05) is 121 Å². The Labute approximate surface area is 397 Å². The average molecular weight is 950 g/mol. The number of ether oxygens (including phenoxy) is 6. The SMILES string of the molecule is COc1ccc(CN2CC(=O)N(CCN)CC(=O)N(Cc3ccc(OC)c(OC)c3)CC(=O)N(CCCN)CC(=O)N(Cc3ccc(OC)c(OC)c3)CC(=O)N(CCCN)CC2=O)cc1OC. The van der Waals surface area contributed by atoms with Gasteiger partial charge in [0.05, 0.1) is 62.3 Å². The summed E-state index contributed by atoms with van der Waals surface area (Å²) in [5.74, 6) is -1.16. The number of hydrogen-bond donors (Lipinski definition) is 3. The van der Waals surface area contributed by atoms with Crippen LogP contribution in [0.25, 0.3) is 0 Å². The standard InChI is InChI=1S/C47H67N9O12/c1-63-36-12-9-33(21-39(36)66-4)24-54-30-42(57)52(19-8-16-49)28-46(61)56(26-35-11-14-38(65-3)41(23-35)68-6)32-44(59)53(20-17-50)29-47(62)55(25-34-10-13-37(64-2)40(22-34)67-5)31-43(58)51(18-7-15-48)27-45(54)60/h9-14,21-23H,7-8,15-20,24-32,48-50H2,1-6H3. The highest BCUT2D eigenvalue weighted by molar-refractivity contribution is 5.94. The molecule has 3 aromatic carbocycles. The predicted molar refractivity (Wildman–Crippen MR) is 251 cm³/mol. The van der Waals surface area contributed by atoms with E-state index in [-0.39, 0.29) is 58.9 Å². The number of nitrogens with zero attached hydrogens (tertiary/aromatic N) is 6. The van der Waals surface area contributed by atoms with Gasteiger partial charge < -0.3 is 75.0 Å². The van der Waals surface area contributed by atoms with Gasteiger partial charge in [0.15, 0.2) is 34.5 Å². The summed E-state index contributed by atoms with van der Waals surface area (Å²) in [6, 6.07) is 15.1. The molecule has 1 heterocycles. The third-order valence-electron chi connectivity index (χ3n) is 11.2. The van der Waals surface area contributed by atoms with Crippen LogP contribution in [-0.2, 0) is 48.4 Å². The van der Waals surface area contributed by atoms with Crippen LogP contribution in [0.5, 0.6) is 34.5 Å². The van der Waals surface area contributed by atoms with Crippen molar-refractivity contribution in [1.82, 2.24) is 29.4 Å². The minimum absolute atomic E-state index is 0.0343. The van der Waals surface area contributed by atoms with Crippen molar-refractivity contribution < 1.29 is 57.2 Å². The average Bonchev–Trinajstić information content (AvgIpc) is 3.34. The van der Waals surface area contributed by atoms with E-state index in [9.17, 15) is 28.8 Å². The van der Waals surface area contributed by atoms with Gasteiger partial charge in [-0.15, -0.1) is 0 Å². The van der Waals surface area contributed by atoms with E-state index in [1.165, 1.54) is 72.1 Å². The van der Waals surface area contributed by atoms with Gasteiger partial charge in [-0.25, -0.2) is 0 Å². The molecule has 0 bridgehead atoms. The molecule has 1 aliphatic heterocycles. The highest BCUT2D eigenvalue weighted by Crippen LogP contribution is 2.30. The lowest BCUT2D eigenvalue weighted by atomic mass is 10.1. The first-order valence-electron chi connectivity index (χ1n) is 22.2. The van der Waals surface area contributed by atoms with Crippen molar-refractivity contribution in [2.45, 2.75) is 32.5 Å². The van der Waals surface area contributed by atoms with Gasteiger partial charge in [0.2, 0.25) is 35.4 Å². The molecule has 1 saturated heterocycles. The molecule has 3 aromatic rings. The van der Waals surface area contributed by atoms with E-state index in [1.807, 2.05) is 0 Å². The molecule has 372 valence electrons. The molecule has 1 fully saturated rings. The Morgan fingerprint density at radius 2 is 0.603 bits per heavy atom. The van der Waals surface area contributed by atoms with E-state index in [0.29, 0.717) is 64.0 Å². The Balaban J connectivity index is 1.87. The fourth-order valence-electron chi connectivity index (χ4n) is 7.47. The van der Waals surface area contributed by atoms with Crippen molar-refractivity contribution >= 4 is 35.4 Å². The minimum atomic E-state index is -0.618. The zero-order valence-electron chi connectivity index (χ0n) is 40.0. The quantitative estimate of drug-likeness (QED) is 0.138. The third-order valence-corrected chi connectivity index (χ3v) is 11.2. The number of benzene rings is 3. The van der Waals surface area contributed by atoms with E-state index < -0.39 is 74.7 Å². The van der Waals surface area contributed by atoms with Crippen molar-refractivity contribution in [3.63, 3.8) is 0 Å². The molecular weight excluding hydrogens is 883 g/mol. The topological polar surface area (TPSA) is 255 Å². The normalized spacial score (nSPS) is 15.1. The number of nitrogens with two attached hydrogens (primary N) is 3. The van der Waals surface area contributed by atoms with E-state index in [1.54, 1.807) is 54.6 Å². The lowest BCUT2D eigenvalue weighted by Gasteiger charge is -2.34. The van der Waals surface area contributed by atoms with Gasteiger partial charge in [-0.2, -0.15) is 0 Å². The third kappa shape index (κ3) is 15.1. The maximum Gasteiger partial charge on any atom is 0.242 e. The second kappa shape index (κ2) is 27.1. The summed E-state index contributed by atoms with van der Waals surface area (Å²) in [7, 11) is 8.86. The smallest absolute Gasteiger partial charge is 0.242 e. The van der Waals surface area contributed by atoms with Crippen LogP contribution in [0.15, 0.2) is 54.6 Å². The van der Waals surface area contributed by atoms with Gasteiger partial charge in [0.1, 0.15) is 19.6 Å². The Bertz CT molecular complexity index is 2130. The molecule has 0 atom stereocenters. The second-order valence-electron chi connectivity index (χ2n) is 15.8. The first-order chi connectivity index (χ1) is 32.7. The summed E-state index contributed by atoms with van der Waals surface area (Å²) in [5, 5.41) is 0. The summed E-state index contributed by atoms with van der Waals surface area (Å²) in [6.07, 6.45) is 0.621. The Hall–Kier alpha value is -6.84. The van der Waals surface area contributed by atoms with E-state index in [2.05, 4.69) is 0 Å². The minimum Gasteiger partial charge on any atom is -0.493 e. The first-order valence-corrected chi connectivity index (χ1v) is 22.2. The molecule has 0 radical (unpaired) electrons. The Morgan fingerprint density at radius 1 is 0.353 bits per heavy atom. The number of rotatable bonds is 20. The van der Waals surface area contributed by atoms with Crippen LogP contribution in [0.3, 0.4) is 0 Å². The number of carbonyl (C=O) groups excluding carboxylic acids is 6. The molecule has 6 N–H and O–H groups in total. The lowest BCUT2D eigenvalue weighted by molar-refractivity contribution is -0.150. The monoisotopic (exact) mass is 949 g/mol. The zero-order chi connectivity index (χ0) is 49.8. The molecule has 0 aromatic heterocycles. The van der Waals surface area contributed by atoms with E-state index in [4.69, 9.17) is 45.6 Å². The van der Waals surface area contributed by atoms with Gasteiger partial charge in [0, 0.05) is 45.8 Å². The van der Waals surface area contributed by atoms with Crippen LogP contribution >= 0.6 is 0 Å². The molecule has 21 nitrogen and oxygen atoms in total. The van der Waals surface area contributed by atoms with Crippen LogP contribution < -0.4 is 45.6 Å². The highest BCUT2D eigenvalue weighted by Gasteiger charge is 2.32. The summed E-state index contributed by atoms with van der Waals surface area (Å²) in [6.45, 7) is -3.03. The number of methoxy groups -OCH3 is 6. The largest absolute Gasteiger partial charge is 0.493 e. The molecule has 0 saturated carbocycles. The molecule has 0 unspecified atom stereocenters. The first kappa shape index (κ1) is 53.8. The van der Waals surface area contributed by atoms with Crippen LogP contribution in [0.4, 0.5) is 0 Å². The molecule has 6 amide bonds. The van der Waals surface area contributed by atoms with Gasteiger partial charge in [-0.3, -0.25) is 28.8 Å². The van der Waals surface area contributed by atoms with Crippen LogP contribution in [0, 0.1) is 0 Å². The fourth-order valence-corrected chi connectivity index (χ4v) is 7.47. The summed E-state index contributed by atoms with van der Waals surface area (Å²) >= 11 is 0. The molecule has 68 heavy (non-hydrogen) atoms. The zero-order valence-corrected chi connectivity index (χ0v) is 40.0. The summed E-state index contributed by atoms with van der Waals surface area (Å²) < 4.78 is 32.8. The number of amides is 6. The summed E-state index contributed by atoms with van der Waals surface area (Å²) in [5.41, 5.74) is 19.5. The lowest BCUT2D eigenvalue weighted by Crippen LogP contribution is -2.53. The maximum absolute atomic E-state index is 14.6. The van der Waals surface area contributed by atoms with Crippen molar-refractivity contribution in [2.24, 2.45) is 17.2 Å². The number of hydrogen-bond acceptors (Lipinski definition) is 15. The molecule has 1 aliphatic rings. The fraction of sp³-hybridized carbons (Fsp3) is 0.489. The number of carbonyl (C=O) groups is 6. The maximum atomic E-state index is 14.6. The molecule has 0 aliphatic carbocycles. The van der Waals surface area contributed by atoms with Crippen molar-refractivity contribution in [3.05, 3.63) is 71.3 Å². The predicted octanol–water partition coefficient (Wildman–Crippen LogP) is 0.280. The second-order valence-corrected chi connectivity index (χ2v) is 15.8. The molecule has 0 spiro atoms. The van der Waals surface area contributed by atoms with Crippen LogP contribution in [-0.4, -0.2) is 186 Å². The van der Waals surface area contributed by atoms with Gasteiger partial charge in [-0.1, -0.05) is 18.2 Å². The van der Waals surface area contributed by atoms with Gasteiger partial charge >= 0.3 is 0 Å². The Morgan fingerprint density at radius 3 is 0.853 bits per heavy atom. The molecule has 4 rings (SSSR count). The van der Waals surface area contributed by atoms with Crippen LogP contribution in [0.1, 0.15) is 29.5 Å². The van der Waals surface area contributed by atoms with Crippen LogP contribution in [0.2, 0.25) is 0 Å². The van der Waals surface area contributed by atoms with Gasteiger partial charge in [0.25, 0.3) is 0 Å². The van der Waals surface area contributed by atoms with E-state index >= 15 is 0 Å².